The first-order valence-electron chi connectivity index (χ1n) is 5.33. The summed E-state index contributed by atoms with van der Waals surface area (Å²) in [5.41, 5.74) is 0. The van der Waals surface area contributed by atoms with Crippen molar-refractivity contribution in [1.82, 2.24) is 5.32 Å². The first kappa shape index (κ1) is 14.4. The maximum absolute atomic E-state index is 11.5. The second kappa shape index (κ2) is 6.90. The van der Waals surface area contributed by atoms with Crippen LogP contribution >= 0.6 is 11.8 Å². The van der Waals surface area contributed by atoms with Gasteiger partial charge in [-0.1, -0.05) is 0 Å². The molecular weight excluding hydrogens is 254 g/mol. The maximum atomic E-state index is 11.5. The van der Waals surface area contributed by atoms with E-state index in [9.17, 15) is 9.59 Å². The van der Waals surface area contributed by atoms with Gasteiger partial charge in [0.05, 0.1) is 0 Å². The first-order chi connectivity index (χ1) is 8.52. The molecule has 0 aromatic heterocycles. The van der Waals surface area contributed by atoms with Crippen molar-refractivity contribution in [3.63, 3.8) is 0 Å². The summed E-state index contributed by atoms with van der Waals surface area (Å²) in [5.74, 6) is -0.961. The monoisotopic (exact) mass is 269 g/mol. The largest absolute Gasteiger partial charge is 0.481 e. The molecule has 0 aliphatic rings. The summed E-state index contributed by atoms with van der Waals surface area (Å²) in [5, 5.41) is 10.7. The predicted octanol–water partition coefficient (Wildman–Crippen LogP) is 1.38. The van der Waals surface area contributed by atoms with Gasteiger partial charge >= 0.3 is 5.97 Å². The Kier molecular flexibility index (Phi) is 5.51. The van der Waals surface area contributed by atoms with Gasteiger partial charge < -0.3 is 15.2 Å². The van der Waals surface area contributed by atoms with Crippen LogP contribution in [-0.4, -0.2) is 35.9 Å². The van der Waals surface area contributed by atoms with Crippen molar-refractivity contribution in [3.8, 4) is 5.75 Å². The summed E-state index contributed by atoms with van der Waals surface area (Å²) in [7, 11) is 0. The van der Waals surface area contributed by atoms with Gasteiger partial charge in [0.1, 0.15) is 12.3 Å². The molecule has 1 rings (SSSR count). The van der Waals surface area contributed by atoms with E-state index in [1.165, 1.54) is 0 Å². The van der Waals surface area contributed by atoms with E-state index in [0.717, 1.165) is 4.90 Å². The number of carbonyl (C=O) groups excluding carboxylic acids is 1. The Morgan fingerprint density at radius 1 is 1.39 bits per heavy atom. The van der Waals surface area contributed by atoms with E-state index in [4.69, 9.17) is 9.84 Å². The van der Waals surface area contributed by atoms with Gasteiger partial charge in [-0.2, -0.15) is 0 Å². The van der Waals surface area contributed by atoms with Crippen LogP contribution in [-0.2, 0) is 9.59 Å². The fourth-order valence-electron chi connectivity index (χ4n) is 1.22. The molecule has 1 amide bonds. The van der Waals surface area contributed by atoms with Crippen molar-refractivity contribution in [1.29, 1.82) is 0 Å². The molecule has 5 nitrogen and oxygen atoms in total. The van der Waals surface area contributed by atoms with E-state index in [-0.39, 0.29) is 0 Å². The quantitative estimate of drug-likeness (QED) is 0.763. The van der Waals surface area contributed by atoms with Gasteiger partial charge in [0, 0.05) is 4.90 Å². The number of benzene rings is 1. The average Bonchev–Trinajstić information content (AvgIpc) is 2.36. The normalized spacial score (nSPS) is 11.7. The summed E-state index contributed by atoms with van der Waals surface area (Å²) < 4.78 is 5.39. The van der Waals surface area contributed by atoms with Crippen LogP contribution in [0.4, 0.5) is 0 Å². The zero-order valence-corrected chi connectivity index (χ0v) is 11.0. The van der Waals surface area contributed by atoms with Gasteiger partial charge in [0.2, 0.25) is 0 Å². The second-order valence-electron chi connectivity index (χ2n) is 3.55. The predicted molar refractivity (Wildman–Crippen MR) is 69.0 cm³/mol. The Morgan fingerprint density at radius 2 is 2.00 bits per heavy atom. The number of rotatable bonds is 6. The number of carbonyl (C=O) groups is 2. The minimum Gasteiger partial charge on any atom is -0.481 e. The van der Waals surface area contributed by atoms with Crippen molar-refractivity contribution in [3.05, 3.63) is 24.3 Å². The number of carboxylic acids is 1. The van der Waals surface area contributed by atoms with Crippen molar-refractivity contribution in [2.75, 3.05) is 12.8 Å². The summed E-state index contributed by atoms with van der Waals surface area (Å²) in [6.45, 7) is 1.16. The van der Waals surface area contributed by atoms with Crippen LogP contribution in [0.5, 0.6) is 5.75 Å². The molecule has 0 saturated carbocycles. The number of hydrogen-bond acceptors (Lipinski definition) is 4. The number of aliphatic carboxylic acids is 1. The van der Waals surface area contributed by atoms with Crippen molar-refractivity contribution >= 4 is 23.6 Å². The zero-order chi connectivity index (χ0) is 13.5. The third-order valence-corrected chi connectivity index (χ3v) is 2.90. The highest BCUT2D eigenvalue weighted by Crippen LogP contribution is 2.19. The molecule has 0 radical (unpaired) electrons. The fourth-order valence-corrected chi connectivity index (χ4v) is 1.63. The average molecular weight is 269 g/mol. The van der Waals surface area contributed by atoms with Crippen molar-refractivity contribution in [2.45, 2.75) is 17.9 Å². The Hall–Kier alpha value is -1.69. The van der Waals surface area contributed by atoms with E-state index < -0.39 is 24.5 Å². The molecular formula is C12H15NO4S. The molecule has 0 bridgehead atoms. The summed E-state index contributed by atoms with van der Waals surface area (Å²) >= 11 is 1.61. The molecule has 0 aliphatic carbocycles. The fraction of sp³-hybridized carbons (Fsp3) is 0.333. The molecule has 1 aromatic carbocycles. The third kappa shape index (κ3) is 4.67. The molecule has 0 fully saturated rings. The number of nitrogens with one attached hydrogen (secondary N) is 1. The Labute approximate surface area is 110 Å². The minimum absolute atomic E-state index is 0.405. The number of thioether (sulfide) groups is 1. The summed E-state index contributed by atoms with van der Waals surface area (Å²) in [6, 6.07) is 7.32. The van der Waals surface area contributed by atoms with Crippen LogP contribution < -0.4 is 10.1 Å². The lowest BCUT2D eigenvalue weighted by Crippen LogP contribution is -2.39. The summed E-state index contributed by atoms with van der Waals surface area (Å²) in [6.07, 6.45) is 1.24. The Balaban J connectivity index is 2.49. The molecule has 1 atom stereocenters. The van der Waals surface area contributed by atoms with E-state index in [0.29, 0.717) is 5.75 Å². The Morgan fingerprint density at radius 3 is 2.50 bits per heavy atom. The van der Waals surface area contributed by atoms with Crippen molar-refractivity contribution in [2.24, 2.45) is 0 Å². The third-order valence-electron chi connectivity index (χ3n) is 2.16. The first-order valence-corrected chi connectivity index (χ1v) is 6.55. The molecule has 1 unspecified atom stereocenters. The van der Waals surface area contributed by atoms with E-state index >= 15 is 0 Å². The number of carboxylic acid groups (broad SMARTS) is 1. The van der Waals surface area contributed by atoms with Crippen LogP contribution in [0.3, 0.4) is 0 Å². The standard InChI is InChI=1S/C12H15NO4S/c1-8(12(16)13-7-11(14)15)17-9-3-5-10(18-2)6-4-9/h3-6,8H,7H2,1-2H3,(H,13,16)(H,14,15). The van der Waals surface area contributed by atoms with Crippen LogP contribution in [0.25, 0.3) is 0 Å². The molecule has 98 valence electrons. The van der Waals surface area contributed by atoms with E-state index in [1.54, 1.807) is 30.8 Å². The number of amides is 1. The molecule has 0 saturated heterocycles. The van der Waals surface area contributed by atoms with E-state index in [2.05, 4.69) is 5.32 Å². The molecule has 6 heteroatoms. The number of hydrogen-bond donors (Lipinski definition) is 2. The van der Waals surface area contributed by atoms with Crippen LogP contribution in [0.15, 0.2) is 29.2 Å². The van der Waals surface area contributed by atoms with Gasteiger partial charge in [-0.25, -0.2) is 0 Å². The van der Waals surface area contributed by atoms with Crippen LogP contribution in [0.2, 0.25) is 0 Å². The molecule has 1 aromatic rings. The van der Waals surface area contributed by atoms with Gasteiger partial charge in [-0.15, -0.1) is 11.8 Å². The van der Waals surface area contributed by atoms with E-state index in [1.807, 2.05) is 18.4 Å². The zero-order valence-electron chi connectivity index (χ0n) is 10.2. The van der Waals surface area contributed by atoms with Crippen LogP contribution in [0, 0.1) is 0 Å². The van der Waals surface area contributed by atoms with Gasteiger partial charge in [-0.05, 0) is 37.4 Å². The van der Waals surface area contributed by atoms with Gasteiger partial charge in [0.15, 0.2) is 6.10 Å². The molecule has 0 heterocycles. The molecule has 2 N–H and O–H groups in total. The Bertz CT molecular complexity index is 419. The SMILES string of the molecule is CSc1ccc(OC(C)C(=O)NCC(=O)O)cc1. The highest BCUT2D eigenvalue weighted by molar-refractivity contribution is 7.98. The lowest BCUT2D eigenvalue weighted by atomic mass is 10.3. The van der Waals surface area contributed by atoms with Crippen molar-refractivity contribution < 1.29 is 19.4 Å². The number of ether oxygens (including phenoxy) is 1. The van der Waals surface area contributed by atoms with Crippen LogP contribution in [0.1, 0.15) is 6.92 Å². The lowest BCUT2D eigenvalue weighted by Gasteiger charge is -2.14. The molecule has 0 spiro atoms. The maximum Gasteiger partial charge on any atom is 0.322 e. The van der Waals surface area contributed by atoms with Gasteiger partial charge in [0.25, 0.3) is 5.91 Å². The highest BCUT2D eigenvalue weighted by atomic mass is 32.2. The molecule has 18 heavy (non-hydrogen) atoms. The highest BCUT2D eigenvalue weighted by Gasteiger charge is 2.15. The van der Waals surface area contributed by atoms with Gasteiger partial charge in [-0.3, -0.25) is 9.59 Å². The smallest absolute Gasteiger partial charge is 0.322 e. The topological polar surface area (TPSA) is 75.6 Å². The second-order valence-corrected chi connectivity index (χ2v) is 4.43. The summed E-state index contributed by atoms with van der Waals surface area (Å²) in [4.78, 5) is 22.9. The lowest BCUT2D eigenvalue weighted by molar-refractivity contribution is -0.139. The minimum atomic E-state index is -1.08. The molecule has 0 aliphatic heterocycles.